The lowest BCUT2D eigenvalue weighted by molar-refractivity contribution is -0.138. The van der Waals surface area contributed by atoms with Crippen molar-refractivity contribution in [3.63, 3.8) is 0 Å². The van der Waals surface area contributed by atoms with E-state index in [0.29, 0.717) is 0 Å². The summed E-state index contributed by atoms with van der Waals surface area (Å²) in [6.07, 6.45) is 0. The third kappa shape index (κ3) is 4.07. The highest BCUT2D eigenvalue weighted by Gasteiger charge is 2.16. The van der Waals surface area contributed by atoms with Crippen LogP contribution >= 0.6 is 11.3 Å². The Hall–Kier alpha value is -1.56. The Kier molecular flexibility index (Phi) is 4.51. The van der Waals surface area contributed by atoms with E-state index in [1.54, 1.807) is 11.3 Å². The Morgan fingerprint density at radius 1 is 1.29 bits per heavy atom. The summed E-state index contributed by atoms with van der Waals surface area (Å²) in [5.41, 5.74) is 0. The third-order valence-electron chi connectivity index (χ3n) is 2.25. The fraction of sp³-hybridized carbons (Fsp3) is 0.455. The predicted octanol–water partition coefficient (Wildman–Crippen LogP) is 1.89. The topological polar surface area (TPSA) is 78.4 Å². The molecule has 6 heteroatoms. The molecule has 0 aromatic carbocycles. The Morgan fingerprint density at radius 3 is 2.41 bits per heavy atom. The van der Waals surface area contributed by atoms with Gasteiger partial charge in [0, 0.05) is 9.75 Å². The van der Waals surface area contributed by atoms with Gasteiger partial charge in [-0.25, -0.2) is 4.79 Å². The minimum absolute atomic E-state index is 0.130. The zero-order chi connectivity index (χ0) is 13.0. The van der Waals surface area contributed by atoms with Crippen LogP contribution in [0.2, 0.25) is 0 Å². The van der Waals surface area contributed by atoms with E-state index < -0.39 is 18.0 Å². The van der Waals surface area contributed by atoms with Crippen LogP contribution in [0, 0.1) is 6.92 Å². The molecule has 0 aliphatic heterocycles. The van der Waals surface area contributed by atoms with Gasteiger partial charge in [0.2, 0.25) is 0 Å². The molecule has 0 aliphatic rings. The third-order valence-corrected chi connectivity index (χ3v) is 3.44. The van der Waals surface area contributed by atoms with Crippen LogP contribution in [0.25, 0.3) is 0 Å². The van der Waals surface area contributed by atoms with Gasteiger partial charge in [-0.05, 0) is 32.9 Å². The van der Waals surface area contributed by atoms with E-state index in [1.807, 2.05) is 26.0 Å². The van der Waals surface area contributed by atoms with Crippen LogP contribution in [0.3, 0.4) is 0 Å². The normalized spacial score (nSPS) is 13.8. The van der Waals surface area contributed by atoms with Crippen LogP contribution in [-0.2, 0) is 4.79 Å². The number of urea groups is 1. The van der Waals surface area contributed by atoms with Crippen LogP contribution in [-0.4, -0.2) is 23.1 Å². The average molecular weight is 256 g/mol. The molecule has 2 atom stereocenters. The summed E-state index contributed by atoms with van der Waals surface area (Å²) < 4.78 is 0. The van der Waals surface area contributed by atoms with E-state index in [9.17, 15) is 9.59 Å². The maximum Gasteiger partial charge on any atom is 0.325 e. The van der Waals surface area contributed by atoms with Gasteiger partial charge in [-0.1, -0.05) is 0 Å². The second kappa shape index (κ2) is 5.67. The molecular formula is C11H16N2O3S. The van der Waals surface area contributed by atoms with Gasteiger partial charge in [-0.2, -0.15) is 0 Å². The fourth-order valence-corrected chi connectivity index (χ4v) is 2.13. The molecule has 94 valence electrons. The summed E-state index contributed by atoms with van der Waals surface area (Å²) in [5.74, 6) is -1.06. The van der Waals surface area contributed by atoms with Crippen molar-refractivity contribution in [1.82, 2.24) is 10.6 Å². The van der Waals surface area contributed by atoms with Crippen molar-refractivity contribution in [3.05, 3.63) is 21.9 Å². The van der Waals surface area contributed by atoms with Crippen LogP contribution in [0.4, 0.5) is 4.79 Å². The van der Waals surface area contributed by atoms with Crippen molar-refractivity contribution in [2.24, 2.45) is 0 Å². The zero-order valence-corrected chi connectivity index (χ0v) is 10.8. The maximum atomic E-state index is 11.5. The van der Waals surface area contributed by atoms with Crippen LogP contribution in [0.5, 0.6) is 0 Å². The monoisotopic (exact) mass is 256 g/mol. The van der Waals surface area contributed by atoms with E-state index in [-0.39, 0.29) is 6.04 Å². The summed E-state index contributed by atoms with van der Waals surface area (Å²) in [6.45, 7) is 5.27. The molecule has 0 bridgehead atoms. The van der Waals surface area contributed by atoms with Gasteiger partial charge in [0.1, 0.15) is 6.04 Å². The minimum Gasteiger partial charge on any atom is -0.480 e. The average Bonchev–Trinajstić information content (AvgIpc) is 2.64. The molecule has 1 aromatic rings. The summed E-state index contributed by atoms with van der Waals surface area (Å²) in [5, 5.41) is 13.7. The molecule has 5 nitrogen and oxygen atoms in total. The molecule has 0 saturated heterocycles. The molecule has 0 saturated carbocycles. The summed E-state index contributed by atoms with van der Waals surface area (Å²) in [6, 6.07) is 2.43. The first-order valence-electron chi connectivity index (χ1n) is 5.26. The number of thiophene rings is 1. The number of hydrogen-bond acceptors (Lipinski definition) is 3. The maximum absolute atomic E-state index is 11.5. The number of rotatable bonds is 4. The molecule has 1 unspecified atom stereocenters. The Bertz CT molecular complexity index is 417. The van der Waals surface area contributed by atoms with E-state index >= 15 is 0 Å². The van der Waals surface area contributed by atoms with Gasteiger partial charge in [0.15, 0.2) is 0 Å². The SMILES string of the molecule is Cc1ccc(C(C)NC(=O)N[C@H](C)C(=O)O)s1. The predicted molar refractivity (Wildman–Crippen MR) is 66.2 cm³/mol. The van der Waals surface area contributed by atoms with Crippen molar-refractivity contribution < 1.29 is 14.7 Å². The molecule has 0 fully saturated rings. The number of amides is 2. The number of carboxylic acids is 1. The van der Waals surface area contributed by atoms with Crippen LogP contribution in [0.15, 0.2) is 12.1 Å². The van der Waals surface area contributed by atoms with Gasteiger partial charge in [-0.15, -0.1) is 11.3 Å². The number of aryl methyl sites for hydroxylation is 1. The number of carboxylic acid groups (broad SMARTS) is 1. The quantitative estimate of drug-likeness (QED) is 0.769. The van der Waals surface area contributed by atoms with Crippen molar-refractivity contribution in [2.75, 3.05) is 0 Å². The van der Waals surface area contributed by atoms with Crippen molar-refractivity contribution in [3.8, 4) is 0 Å². The van der Waals surface area contributed by atoms with Gasteiger partial charge < -0.3 is 15.7 Å². The lowest BCUT2D eigenvalue weighted by Gasteiger charge is -2.15. The van der Waals surface area contributed by atoms with Crippen molar-refractivity contribution >= 4 is 23.3 Å². The molecule has 0 aliphatic carbocycles. The second-order valence-electron chi connectivity index (χ2n) is 3.85. The highest BCUT2D eigenvalue weighted by Crippen LogP contribution is 2.21. The van der Waals surface area contributed by atoms with Gasteiger partial charge in [0.25, 0.3) is 0 Å². The summed E-state index contributed by atoms with van der Waals surface area (Å²) >= 11 is 1.60. The molecule has 0 spiro atoms. The van der Waals surface area contributed by atoms with Crippen molar-refractivity contribution in [1.29, 1.82) is 0 Å². The molecular weight excluding hydrogens is 240 g/mol. The number of aliphatic carboxylic acids is 1. The van der Waals surface area contributed by atoms with Gasteiger partial charge >= 0.3 is 12.0 Å². The van der Waals surface area contributed by atoms with Crippen molar-refractivity contribution in [2.45, 2.75) is 32.9 Å². The summed E-state index contributed by atoms with van der Waals surface area (Å²) in [7, 11) is 0. The minimum atomic E-state index is -1.06. The first kappa shape index (κ1) is 13.5. The van der Waals surface area contributed by atoms with E-state index in [4.69, 9.17) is 5.11 Å². The fourth-order valence-electron chi connectivity index (χ4n) is 1.25. The standard InChI is InChI=1S/C11H16N2O3S/c1-6-4-5-9(17-6)7(2)12-11(16)13-8(3)10(14)15/h4-5,7-8H,1-3H3,(H,14,15)(H2,12,13,16)/t7?,8-/m1/s1. The highest BCUT2D eigenvalue weighted by atomic mass is 32.1. The zero-order valence-electron chi connectivity index (χ0n) is 9.98. The molecule has 2 amide bonds. The smallest absolute Gasteiger partial charge is 0.325 e. The van der Waals surface area contributed by atoms with Crippen LogP contribution < -0.4 is 10.6 Å². The second-order valence-corrected chi connectivity index (χ2v) is 5.17. The van der Waals surface area contributed by atoms with Gasteiger partial charge in [-0.3, -0.25) is 4.79 Å². The van der Waals surface area contributed by atoms with E-state index in [2.05, 4.69) is 10.6 Å². The first-order valence-corrected chi connectivity index (χ1v) is 6.08. The molecule has 1 heterocycles. The molecule has 3 N–H and O–H groups in total. The Morgan fingerprint density at radius 2 is 1.94 bits per heavy atom. The number of carbonyl (C=O) groups is 2. The lowest BCUT2D eigenvalue weighted by atomic mass is 10.3. The molecule has 1 rings (SSSR count). The van der Waals surface area contributed by atoms with Crippen LogP contribution in [0.1, 0.15) is 29.6 Å². The molecule has 1 aromatic heterocycles. The lowest BCUT2D eigenvalue weighted by Crippen LogP contribution is -2.44. The first-order chi connectivity index (χ1) is 7.90. The number of carbonyl (C=O) groups excluding carboxylic acids is 1. The van der Waals surface area contributed by atoms with E-state index in [1.165, 1.54) is 11.8 Å². The largest absolute Gasteiger partial charge is 0.480 e. The van der Waals surface area contributed by atoms with Gasteiger partial charge in [0.05, 0.1) is 6.04 Å². The highest BCUT2D eigenvalue weighted by molar-refractivity contribution is 7.12. The summed E-state index contributed by atoms with van der Waals surface area (Å²) in [4.78, 5) is 24.2. The molecule has 0 radical (unpaired) electrons. The Labute approximate surface area is 104 Å². The Balaban J connectivity index is 2.49. The number of nitrogens with one attached hydrogen (secondary N) is 2. The van der Waals surface area contributed by atoms with E-state index in [0.717, 1.165) is 4.88 Å². The molecule has 17 heavy (non-hydrogen) atoms. The number of hydrogen-bond donors (Lipinski definition) is 3.